The Morgan fingerprint density at radius 1 is 1.00 bits per heavy atom. The van der Waals surface area contributed by atoms with Gasteiger partial charge in [0.2, 0.25) is 0 Å². The van der Waals surface area contributed by atoms with Crippen LogP contribution in [0, 0.1) is 15.4 Å². The van der Waals surface area contributed by atoms with Crippen molar-refractivity contribution in [3.8, 4) is 11.8 Å². The van der Waals surface area contributed by atoms with Crippen LogP contribution in [0.15, 0.2) is 54.6 Å². The van der Waals surface area contributed by atoms with Gasteiger partial charge >= 0.3 is 0 Å². The van der Waals surface area contributed by atoms with Crippen molar-refractivity contribution in [2.45, 2.75) is 0 Å². The van der Waals surface area contributed by atoms with Crippen LogP contribution < -0.4 is 5.32 Å². The number of hydrogen-bond acceptors (Lipinski definition) is 1. The van der Waals surface area contributed by atoms with Gasteiger partial charge in [-0.25, -0.2) is 0 Å². The third-order valence-electron chi connectivity index (χ3n) is 2.21. The lowest BCUT2D eigenvalue weighted by Crippen LogP contribution is -1.98. The Kier molecular flexibility index (Phi) is 4.45. The van der Waals surface area contributed by atoms with E-state index < -0.39 is 0 Å². The van der Waals surface area contributed by atoms with E-state index in [1.807, 2.05) is 42.5 Å². The van der Waals surface area contributed by atoms with Gasteiger partial charge in [0.15, 0.2) is 0 Å². The molecule has 2 rings (SSSR count). The van der Waals surface area contributed by atoms with Crippen LogP contribution in [0.1, 0.15) is 5.56 Å². The second kappa shape index (κ2) is 6.31. The topological polar surface area (TPSA) is 12.0 Å². The fourth-order valence-corrected chi connectivity index (χ4v) is 1.96. The Morgan fingerprint density at radius 3 is 2.59 bits per heavy atom. The van der Waals surface area contributed by atoms with E-state index in [1.54, 1.807) is 0 Å². The van der Waals surface area contributed by atoms with E-state index in [2.05, 4.69) is 51.9 Å². The molecular weight excluding hydrogens is 321 g/mol. The molecule has 2 aromatic rings. The summed E-state index contributed by atoms with van der Waals surface area (Å²) in [5.41, 5.74) is 2.16. The highest BCUT2D eigenvalue weighted by atomic mass is 127. The minimum atomic E-state index is 0.662. The van der Waals surface area contributed by atoms with E-state index in [1.165, 1.54) is 3.57 Å². The molecule has 1 nitrogen and oxygen atoms in total. The Labute approximate surface area is 115 Å². The maximum Gasteiger partial charge on any atom is 0.0769 e. The number of halogens is 1. The van der Waals surface area contributed by atoms with Gasteiger partial charge in [-0.05, 0) is 52.9 Å². The summed E-state index contributed by atoms with van der Waals surface area (Å²) in [7, 11) is 0. The Morgan fingerprint density at radius 2 is 1.82 bits per heavy atom. The minimum absolute atomic E-state index is 0.662. The lowest BCUT2D eigenvalue weighted by Gasteiger charge is -2.01. The molecule has 0 radical (unpaired) electrons. The molecule has 0 aromatic heterocycles. The number of anilines is 1. The zero-order valence-electron chi connectivity index (χ0n) is 9.28. The minimum Gasteiger partial charge on any atom is -0.374 e. The standard InChI is InChI=1S/C15H12IN/c16-14-9-4-10-15(12-14)17-11-5-8-13-6-2-1-3-7-13/h1-4,6-7,9-10,12,17H,11H2. The van der Waals surface area contributed by atoms with Crippen molar-refractivity contribution in [3.63, 3.8) is 0 Å². The maximum atomic E-state index is 3.28. The van der Waals surface area contributed by atoms with Crippen LogP contribution >= 0.6 is 22.6 Å². The molecule has 0 aliphatic carbocycles. The molecule has 2 aromatic carbocycles. The van der Waals surface area contributed by atoms with Crippen molar-refractivity contribution in [2.75, 3.05) is 11.9 Å². The van der Waals surface area contributed by atoms with E-state index in [0.717, 1.165) is 11.3 Å². The van der Waals surface area contributed by atoms with Gasteiger partial charge in [0.1, 0.15) is 0 Å². The van der Waals surface area contributed by atoms with Crippen molar-refractivity contribution in [1.29, 1.82) is 0 Å². The summed E-state index contributed by atoms with van der Waals surface area (Å²) in [6, 6.07) is 18.3. The molecule has 0 unspecified atom stereocenters. The fourth-order valence-electron chi connectivity index (χ4n) is 1.41. The quantitative estimate of drug-likeness (QED) is 0.652. The van der Waals surface area contributed by atoms with E-state index in [0.29, 0.717) is 6.54 Å². The Balaban J connectivity index is 1.90. The van der Waals surface area contributed by atoms with Crippen LogP contribution in [0.3, 0.4) is 0 Å². The van der Waals surface area contributed by atoms with Crippen LogP contribution in [-0.4, -0.2) is 6.54 Å². The molecule has 0 bridgehead atoms. The first-order valence-corrected chi connectivity index (χ1v) is 6.46. The molecule has 0 aliphatic rings. The van der Waals surface area contributed by atoms with Gasteiger partial charge in [-0.15, -0.1) is 0 Å². The van der Waals surface area contributed by atoms with Crippen LogP contribution in [0.5, 0.6) is 0 Å². The van der Waals surface area contributed by atoms with Crippen LogP contribution in [-0.2, 0) is 0 Å². The molecule has 0 heterocycles. The summed E-state index contributed by atoms with van der Waals surface area (Å²) < 4.78 is 1.23. The maximum absolute atomic E-state index is 3.28. The Hall–Kier alpha value is -1.47. The van der Waals surface area contributed by atoms with Gasteiger partial charge in [-0.3, -0.25) is 0 Å². The predicted octanol–water partition coefficient (Wildman–Crippen LogP) is 3.75. The number of rotatable bonds is 2. The van der Waals surface area contributed by atoms with Crippen LogP contribution in [0.2, 0.25) is 0 Å². The van der Waals surface area contributed by atoms with Crippen molar-refractivity contribution in [2.24, 2.45) is 0 Å². The van der Waals surface area contributed by atoms with Gasteiger partial charge in [0.05, 0.1) is 6.54 Å². The summed E-state index contributed by atoms with van der Waals surface area (Å²) in [5, 5.41) is 3.28. The molecular formula is C15H12IN. The number of benzene rings is 2. The molecule has 0 spiro atoms. The third kappa shape index (κ3) is 4.12. The second-order valence-electron chi connectivity index (χ2n) is 3.53. The zero-order chi connectivity index (χ0) is 11.9. The first kappa shape index (κ1) is 12.0. The van der Waals surface area contributed by atoms with Crippen LogP contribution in [0.25, 0.3) is 0 Å². The van der Waals surface area contributed by atoms with E-state index >= 15 is 0 Å². The highest BCUT2D eigenvalue weighted by Gasteiger charge is 1.90. The van der Waals surface area contributed by atoms with Crippen molar-refractivity contribution < 1.29 is 0 Å². The average molecular weight is 333 g/mol. The number of nitrogens with one attached hydrogen (secondary N) is 1. The SMILES string of the molecule is Ic1cccc(NCC#Cc2ccccc2)c1. The summed E-state index contributed by atoms with van der Waals surface area (Å²) in [5.74, 6) is 6.22. The molecule has 17 heavy (non-hydrogen) atoms. The van der Waals surface area contributed by atoms with E-state index in [9.17, 15) is 0 Å². The van der Waals surface area contributed by atoms with Crippen molar-refractivity contribution >= 4 is 28.3 Å². The monoisotopic (exact) mass is 333 g/mol. The van der Waals surface area contributed by atoms with E-state index in [-0.39, 0.29) is 0 Å². The van der Waals surface area contributed by atoms with Crippen molar-refractivity contribution in [3.05, 3.63) is 63.7 Å². The van der Waals surface area contributed by atoms with Crippen molar-refractivity contribution in [1.82, 2.24) is 0 Å². The molecule has 0 saturated heterocycles. The molecule has 0 saturated carbocycles. The molecule has 0 aliphatic heterocycles. The average Bonchev–Trinajstić information content (AvgIpc) is 2.36. The first-order valence-electron chi connectivity index (χ1n) is 5.38. The highest BCUT2D eigenvalue weighted by molar-refractivity contribution is 14.1. The molecule has 1 N–H and O–H groups in total. The van der Waals surface area contributed by atoms with Gasteiger partial charge in [-0.1, -0.05) is 36.1 Å². The van der Waals surface area contributed by atoms with Gasteiger partial charge in [0, 0.05) is 14.8 Å². The second-order valence-corrected chi connectivity index (χ2v) is 4.78. The molecule has 2 heteroatoms. The molecule has 84 valence electrons. The summed E-state index contributed by atoms with van der Waals surface area (Å²) in [6.45, 7) is 0.662. The summed E-state index contributed by atoms with van der Waals surface area (Å²) in [4.78, 5) is 0. The summed E-state index contributed by atoms with van der Waals surface area (Å²) >= 11 is 2.30. The fraction of sp³-hybridized carbons (Fsp3) is 0.0667. The largest absolute Gasteiger partial charge is 0.374 e. The molecule has 0 atom stereocenters. The highest BCUT2D eigenvalue weighted by Crippen LogP contribution is 2.11. The predicted molar refractivity (Wildman–Crippen MR) is 81.0 cm³/mol. The lowest BCUT2D eigenvalue weighted by molar-refractivity contribution is 1.37. The van der Waals surface area contributed by atoms with Crippen LogP contribution in [0.4, 0.5) is 5.69 Å². The first-order chi connectivity index (χ1) is 8.34. The third-order valence-corrected chi connectivity index (χ3v) is 2.88. The van der Waals surface area contributed by atoms with Gasteiger partial charge in [0.25, 0.3) is 0 Å². The smallest absolute Gasteiger partial charge is 0.0769 e. The van der Waals surface area contributed by atoms with E-state index in [4.69, 9.17) is 0 Å². The Bertz CT molecular complexity index is 538. The summed E-state index contributed by atoms with van der Waals surface area (Å²) in [6.07, 6.45) is 0. The number of hydrogen-bond donors (Lipinski definition) is 1. The van der Waals surface area contributed by atoms with Gasteiger partial charge in [-0.2, -0.15) is 0 Å². The zero-order valence-corrected chi connectivity index (χ0v) is 11.4. The lowest BCUT2D eigenvalue weighted by atomic mass is 10.2. The normalized spacial score (nSPS) is 9.24. The molecule has 0 fully saturated rings. The van der Waals surface area contributed by atoms with Gasteiger partial charge < -0.3 is 5.32 Å². The molecule has 0 amide bonds.